The van der Waals surface area contributed by atoms with Crippen molar-refractivity contribution in [3.05, 3.63) is 29.5 Å². The number of aliphatic hydroxyl groups excluding tert-OH is 2. The lowest BCUT2D eigenvalue weighted by Gasteiger charge is -2.17. The second kappa shape index (κ2) is 4.41. The molecule has 0 spiro atoms. The molecule has 0 fully saturated rings. The Hall–Kier alpha value is -1.10. The zero-order valence-corrected chi connectivity index (χ0v) is 9.57. The van der Waals surface area contributed by atoms with E-state index in [9.17, 15) is 10.2 Å². The Labute approximate surface area is 97.9 Å². The van der Waals surface area contributed by atoms with E-state index in [1.807, 2.05) is 19.1 Å². The van der Waals surface area contributed by atoms with Crippen molar-refractivity contribution in [1.82, 2.24) is 10.2 Å². The average Bonchev–Trinajstić information content (AvgIpc) is 2.72. The van der Waals surface area contributed by atoms with Gasteiger partial charge in [0, 0.05) is 5.39 Å². The summed E-state index contributed by atoms with van der Waals surface area (Å²) in [5.74, 6) is 0.00400. The Morgan fingerprint density at radius 1 is 1.44 bits per heavy atom. The topological polar surface area (TPSA) is 69.1 Å². The van der Waals surface area contributed by atoms with Gasteiger partial charge in [-0.1, -0.05) is 0 Å². The number of aryl methyl sites for hydroxylation is 1. The van der Waals surface area contributed by atoms with Crippen molar-refractivity contribution < 1.29 is 10.2 Å². The lowest BCUT2D eigenvalue weighted by atomic mass is 9.98. The number of nitrogens with one attached hydrogen (secondary N) is 1. The van der Waals surface area contributed by atoms with Gasteiger partial charge in [-0.2, -0.15) is 5.10 Å². The smallest absolute Gasteiger partial charge is 0.106 e. The maximum absolute atomic E-state index is 9.90. The van der Waals surface area contributed by atoms with Gasteiger partial charge in [-0.05, 0) is 30.2 Å². The molecule has 1 heterocycles. The number of aliphatic hydroxyl groups is 2. The zero-order valence-electron chi connectivity index (χ0n) is 8.81. The number of aromatic amines is 1. The molecule has 3 N–H and O–H groups in total. The van der Waals surface area contributed by atoms with Crippen LogP contribution < -0.4 is 0 Å². The number of rotatable bonds is 3. The van der Waals surface area contributed by atoms with Gasteiger partial charge in [0.1, 0.15) is 6.10 Å². The number of hydrogen-bond acceptors (Lipinski definition) is 3. The summed E-state index contributed by atoms with van der Waals surface area (Å²) in [6, 6.07) is 3.70. The lowest BCUT2D eigenvalue weighted by Crippen LogP contribution is -2.20. The van der Waals surface area contributed by atoms with Crippen LogP contribution in [0.4, 0.5) is 0 Å². The molecule has 0 saturated heterocycles. The molecule has 0 amide bonds. The summed E-state index contributed by atoms with van der Waals surface area (Å²) >= 11 is 5.52. The van der Waals surface area contributed by atoms with E-state index in [4.69, 9.17) is 11.6 Å². The fraction of sp³-hybridized carbons (Fsp3) is 0.364. The molecule has 86 valence electrons. The van der Waals surface area contributed by atoms with Crippen molar-refractivity contribution in [1.29, 1.82) is 0 Å². The van der Waals surface area contributed by atoms with Gasteiger partial charge in [-0.15, -0.1) is 11.6 Å². The molecule has 0 aliphatic carbocycles. The Morgan fingerprint density at radius 2 is 2.19 bits per heavy atom. The molecule has 0 radical (unpaired) electrons. The number of benzene rings is 1. The molecule has 2 aromatic rings. The summed E-state index contributed by atoms with van der Waals surface area (Å²) in [6.07, 6.45) is -0.237. The Bertz CT molecular complexity index is 498. The van der Waals surface area contributed by atoms with Gasteiger partial charge in [0.15, 0.2) is 0 Å². The molecule has 0 bridgehead atoms. The van der Waals surface area contributed by atoms with E-state index in [2.05, 4.69) is 10.2 Å². The highest BCUT2D eigenvalue weighted by molar-refractivity contribution is 6.18. The molecular formula is C11H13ClN2O2. The minimum absolute atomic E-state index is 0.00400. The van der Waals surface area contributed by atoms with Gasteiger partial charge in [0.25, 0.3) is 0 Å². The summed E-state index contributed by atoms with van der Waals surface area (Å²) in [7, 11) is 0. The summed E-state index contributed by atoms with van der Waals surface area (Å²) in [5.41, 5.74) is 2.49. The van der Waals surface area contributed by atoms with Gasteiger partial charge in [-0.25, -0.2) is 0 Å². The monoisotopic (exact) mass is 240 g/mol. The number of nitrogens with zero attached hydrogens (tertiary/aromatic N) is 1. The molecule has 1 aromatic carbocycles. The largest absolute Gasteiger partial charge is 0.389 e. The van der Waals surface area contributed by atoms with Crippen LogP contribution >= 0.6 is 11.6 Å². The van der Waals surface area contributed by atoms with Crippen LogP contribution in [0.2, 0.25) is 0 Å². The van der Waals surface area contributed by atoms with Crippen molar-refractivity contribution in [2.75, 3.05) is 5.88 Å². The Morgan fingerprint density at radius 3 is 2.88 bits per heavy atom. The van der Waals surface area contributed by atoms with Crippen LogP contribution in [-0.2, 0) is 0 Å². The molecule has 4 nitrogen and oxygen atoms in total. The van der Waals surface area contributed by atoms with Gasteiger partial charge in [0.2, 0.25) is 0 Å². The van der Waals surface area contributed by atoms with Gasteiger partial charge in [-0.3, -0.25) is 5.10 Å². The van der Waals surface area contributed by atoms with Crippen molar-refractivity contribution >= 4 is 22.5 Å². The molecule has 16 heavy (non-hydrogen) atoms. The molecule has 2 rings (SSSR count). The van der Waals surface area contributed by atoms with Crippen LogP contribution in [0.5, 0.6) is 0 Å². The predicted octanol–water partition coefficient (Wildman–Crippen LogP) is 1.50. The van der Waals surface area contributed by atoms with E-state index in [-0.39, 0.29) is 5.88 Å². The fourth-order valence-electron chi connectivity index (χ4n) is 1.73. The summed E-state index contributed by atoms with van der Waals surface area (Å²) < 4.78 is 0. The van der Waals surface area contributed by atoms with E-state index < -0.39 is 12.2 Å². The number of hydrogen-bond donors (Lipinski definition) is 3. The third-order valence-corrected chi connectivity index (χ3v) is 2.98. The quantitative estimate of drug-likeness (QED) is 0.713. The van der Waals surface area contributed by atoms with Crippen molar-refractivity contribution in [3.63, 3.8) is 0 Å². The molecule has 5 heteroatoms. The summed E-state index contributed by atoms with van der Waals surface area (Å²) in [6.45, 7) is 1.87. The van der Waals surface area contributed by atoms with Crippen LogP contribution in [0.15, 0.2) is 18.3 Å². The molecule has 1 aromatic heterocycles. The first-order valence-corrected chi connectivity index (χ1v) is 5.52. The average molecular weight is 241 g/mol. The minimum Gasteiger partial charge on any atom is -0.389 e. The second-order valence-electron chi connectivity index (χ2n) is 3.83. The van der Waals surface area contributed by atoms with Crippen molar-refractivity contribution in [2.45, 2.75) is 19.1 Å². The Kier molecular flexibility index (Phi) is 3.14. The number of fused-ring (bicyclic) bond motifs is 1. The predicted molar refractivity (Wildman–Crippen MR) is 62.5 cm³/mol. The molecule has 0 saturated carbocycles. The first kappa shape index (κ1) is 11.4. The van der Waals surface area contributed by atoms with Crippen LogP contribution in [0.3, 0.4) is 0 Å². The van der Waals surface area contributed by atoms with Gasteiger partial charge >= 0.3 is 0 Å². The zero-order chi connectivity index (χ0) is 11.7. The summed E-state index contributed by atoms with van der Waals surface area (Å²) in [5, 5.41) is 27.1. The molecule has 0 aliphatic heterocycles. The minimum atomic E-state index is -0.961. The first-order chi connectivity index (χ1) is 7.63. The number of halogens is 1. The third-order valence-electron chi connectivity index (χ3n) is 2.67. The highest BCUT2D eigenvalue weighted by atomic mass is 35.5. The van der Waals surface area contributed by atoms with Crippen molar-refractivity contribution in [3.8, 4) is 0 Å². The van der Waals surface area contributed by atoms with Gasteiger partial charge in [0.05, 0.1) is 23.7 Å². The molecular weight excluding hydrogens is 228 g/mol. The highest BCUT2D eigenvalue weighted by Crippen LogP contribution is 2.25. The van der Waals surface area contributed by atoms with Crippen LogP contribution in [-0.4, -0.2) is 32.4 Å². The molecule has 0 aliphatic rings. The van der Waals surface area contributed by atoms with E-state index in [0.717, 1.165) is 16.5 Å². The Balaban J connectivity index is 2.46. The fourth-order valence-corrected chi connectivity index (χ4v) is 1.90. The van der Waals surface area contributed by atoms with Crippen LogP contribution in [0, 0.1) is 6.92 Å². The number of aromatic nitrogens is 2. The first-order valence-electron chi connectivity index (χ1n) is 4.99. The lowest BCUT2D eigenvalue weighted by molar-refractivity contribution is 0.0324. The maximum Gasteiger partial charge on any atom is 0.106 e. The molecule has 2 unspecified atom stereocenters. The van der Waals surface area contributed by atoms with E-state index >= 15 is 0 Å². The van der Waals surface area contributed by atoms with E-state index in [0.29, 0.717) is 5.56 Å². The maximum atomic E-state index is 9.90. The third kappa shape index (κ3) is 1.91. The SMILES string of the molecule is Cc1cc2[nH]ncc2cc1C(O)C(O)CCl. The standard InChI is InChI=1S/C11H13ClN2O2/c1-6-2-9-7(5-13-14-9)3-8(6)11(16)10(15)4-12/h2-3,5,10-11,15-16H,4H2,1H3,(H,13,14). The summed E-state index contributed by atoms with van der Waals surface area (Å²) in [4.78, 5) is 0. The second-order valence-corrected chi connectivity index (χ2v) is 4.14. The van der Waals surface area contributed by atoms with Gasteiger partial charge < -0.3 is 10.2 Å². The van der Waals surface area contributed by atoms with E-state index in [1.165, 1.54) is 0 Å². The van der Waals surface area contributed by atoms with Crippen LogP contribution in [0.25, 0.3) is 10.9 Å². The number of alkyl halides is 1. The van der Waals surface area contributed by atoms with Crippen LogP contribution in [0.1, 0.15) is 17.2 Å². The molecule has 2 atom stereocenters. The number of H-pyrrole nitrogens is 1. The van der Waals surface area contributed by atoms with E-state index in [1.54, 1.807) is 6.20 Å². The highest BCUT2D eigenvalue weighted by Gasteiger charge is 2.19. The normalized spacial score (nSPS) is 15.2. The van der Waals surface area contributed by atoms with Crippen molar-refractivity contribution in [2.24, 2.45) is 0 Å².